The Morgan fingerprint density at radius 3 is 2.25 bits per heavy atom. The lowest BCUT2D eigenvalue weighted by atomic mass is 10.0. The maximum absolute atomic E-state index is 12.9. The number of aromatic nitrogens is 3. The first-order chi connectivity index (χ1) is 13.5. The minimum Gasteiger partial charge on any atom is -0.349 e. The quantitative estimate of drug-likeness (QED) is 0.716. The molecule has 0 saturated carbocycles. The van der Waals surface area contributed by atoms with Crippen molar-refractivity contribution < 1.29 is 9.59 Å². The van der Waals surface area contributed by atoms with Crippen molar-refractivity contribution in [1.29, 1.82) is 0 Å². The molecule has 0 aliphatic heterocycles. The van der Waals surface area contributed by atoms with Gasteiger partial charge in [-0.1, -0.05) is 53.7 Å². The average Bonchev–Trinajstić information content (AvgIpc) is 3.10. The van der Waals surface area contributed by atoms with E-state index in [0.717, 1.165) is 11.3 Å². The van der Waals surface area contributed by atoms with Gasteiger partial charge >= 0.3 is 0 Å². The second-order valence-corrected chi connectivity index (χ2v) is 6.70. The van der Waals surface area contributed by atoms with Gasteiger partial charge in [-0.3, -0.25) is 9.59 Å². The molecule has 3 rings (SSSR count). The van der Waals surface area contributed by atoms with Gasteiger partial charge < -0.3 is 10.2 Å². The number of para-hydroxylation sites is 1. The lowest BCUT2D eigenvalue weighted by Crippen LogP contribution is -2.34. The van der Waals surface area contributed by atoms with Crippen LogP contribution in [0.5, 0.6) is 0 Å². The van der Waals surface area contributed by atoms with Crippen LogP contribution in [-0.2, 0) is 4.79 Å². The number of hydrogen-bond donors (Lipinski definition) is 1. The molecule has 144 valence electrons. The van der Waals surface area contributed by atoms with Gasteiger partial charge in [-0.25, -0.2) is 4.68 Å². The van der Waals surface area contributed by atoms with Crippen molar-refractivity contribution in [2.45, 2.75) is 19.4 Å². The molecule has 1 aromatic heterocycles. The van der Waals surface area contributed by atoms with Crippen LogP contribution in [0.1, 0.15) is 34.2 Å². The first-order valence-electron chi connectivity index (χ1n) is 9.01. The summed E-state index contributed by atoms with van der Waals surface area (Å²) in [7, 11) is 3.39. The Hall–Kier alpha value is -3.48. The number of rotatable bonds is 6. The fraction of sp³-hybridized carbons (Fsp3) is 0.238. The summed E-state index contributed by atoms with van der Waals surface area (Å²) in [5.74, 6) is -0.432. The third-order valence-electron chi connectivity index (χ3n) is 4.50. The third-order valence-corrected chi connectivity index (χ3v) is 4.50. The normalized spacial score (nSPS) is 11.7. The molecule has 1 unspecified atom stereocenters. The molecule has 0 spiro atoms. The van der Waals surface area contributed by atoms with Crippen LogP contribution in [0.3, 0.4) is 0 Å². The molecule has 0 fully saturated rings. The molecule has 2 aromatic carbocycles. The average molecular weight is 377 g/mol. The van der Waals surface area contributed by atoms with Gasteiger partial charge in [0.25, 0.3) is 5.91 Å². The summed E-state index contributed by atoms with van der Waals surface area (Å²) in [6.45, 7) is 1.80. The summed E-state index contributed by atoms with van der Waals surface area (Å²) in [6.07, 6.45) is 0.161. The summed E-state index contributed by atoms with van der Waals surface area (Å²) in [4.78, 5) is 26.6. The molecule has 1 heterocycles. The van der Waals surface area contributed by atoms with Crippen molar-refractivity contribution in [3.8, 4) is 5.69 Å². The van der Waals surface area contributed by atoms with Gasteiger partial charge in [0.05, 0.1) is 23.8 Å². The van der Waals surface area contributed by atoms with Gasteiger partial charge in [-0.05, 0) is 24.6 Å². The first kappa shape index (κ1) is 19.3. The molecule has 1 N–H and O–H groups in total. The van der Waals surface area contributed by atoms with E-state index in [-0.39, 0.29) is 23.9 Å². The smallest absolute Gasteiger partial charge is 0.274 e. The predicted molar refractivity (Wildman–Crippen MR) is 106 cm³/mol. The fourth-order valence-corrected chi connectivity index (χ4v) is 2.87. The Labute approximate surface area is 164 Å². The van der Waals surface area contributed by atoms with Gasteiger partial charge in [0.15, 0.2) is 5.69 Å². The van der Waals surface area contributed by atoms with Crippen molar-refractivity contribution in [2.24, 2.45) is 0 Å². The van der Waals surface area contributed by atoms with E-state index in [1.165, 1.54) is 4.90 Å². The molecule has 0 aliphatic rings. The first-order valence-corrected chi connectivity index (χ1v) is 9.01. The topological polar surface area (TPSA) is 80.1 Å². The van der Waals surface area contributed by atoms with E-state index < -0.39 is 6.04 Å². The third kappa shape index (κ3) is 4.25. The molecular weight excluding hydrogens is 354 g/mol. The van der Waals surface area contributed by atoms with Crippen molar-refractivity contribution in [2.75, 3.05) is 14.1 Å². The zero-order valence-corrected chi connectivity index (χ0v) is 16.2. The van der Waals surface area contributed by atoms with Crippen LogP contribution in [0.2, 0.25) is 0 Å². The summed E-state index contributed by atoms with van der Waals surface area (Å²) in [5.41, 5.74) is 2.56. The SMILES string of the molecule is Cc1c(C(=O)NC(CC(=O)N(C)C)c2ccccc2)nnn1-c1ccccc1. The second-order valence-electron chi connectivity index (χ2n) is 6.70. The number of amides is 2. The van der Waals surface area contributed by atoms with Gasteiger partial charge in [-0.15, -0.1) is 5.10 Å². The van der Waals surface area contributed by atoms with Crippen molar-refractivity contribution in [3.63, 3.8) is 0 Å². The Balaban J connectivity index is 1.84. The minimum absolute atomic E-state index is 0.0705. The number of carbonyl (C=O) groups is 2. The van der Waals surface area contributed by atoms with E-state index in [4.69, 9.17) is 0 Å². The van der Waals surface area contributed by atoms with Crippen molar-refractivity contribution in [3.05, 3.63) is 77.6 Å². The van der Waals surface area contributed by atoms with Gasteiger partial charge in [0.2, 0.25) is 5.91 Å². The molecule has 0 bridgehead atoms. The monoisotopic (exact) mass is 377 g/mol. The molecule has 2 amide bonds. The number of hydrogen-bond acceptors (Lipinski definition) is 4. The summed E-state index contributed by atoms with van der Waals surface area (Å²) < 4.78 is 1.62. The lowest BCUT2D eigenvalue weighted by Gasteiger charge is -2.20. The van der Waals surface area contributed by atoms with Gasteiger partial charge in [0.1, 0.15) is 0 Å². The summed E-state index contributed by atoms with van der Waals surface area (Å²) in [6, 6.07) is 18.5. The molecular formula is C21H23N5O2. The van der Waals surface area contributed by atoms with E-state index >= 15 is 0 Å². The number of benzene rings is 2. The maximum Gasteiger partial charge on any atom is 0.274 e. The van der Waals surface area contributed by atoms with Crippen LogP contribution in [0, 0.1) is 6.92 Å². The Kier molecular flexibility index (Phi) is 5.84. The van der Waals surface area contributed by atoms with Crippen LogP contribution < -0.4 is 5.32 Å². The highest BCUT2D eigenvalue weighted by atomic mass is 16.2. The van der Waals surface area contributed by atoms with E-state index in [2.05, 4.69) is 15.6 Å². The molecule has 28 heavy (non-hydrogen) atoms. The zero-order valence-electron chi connectivity index (χ0n) is 16.2. The largest absolute Gasteiger partial charge is 0.349 e. The predicted octanol–water partition coefficient (Wildman–Crippen LogP) is 2.53. The van der Waals surface area contributed by atoms with Gasteiger partial charge in [-0.2, -0.15) is 0 Å². The molecule has 7 nitrogen and oxygen atoms in total. The Morgan fingerprint density at radius 2 is 1.64 bits per heavy atom. The fourth-order valence-electron chi connectivity index (χ4n) is 2.87. The van der Waals surface area contributed by atoms with Crippen LogP contribution in [0.15, 0.2) is 60.7 Å². The summed E-state index contributed by atoms with van der Waals surface area (Å²) >= 11 is 0. The second kappa shape index (κ2) is 8.47. The molecule has 1 atom stereocenters. The van der Waals surface area contributed by atoms with Crippen LogP contribution in [0.4, 0.5) is 0 Å². The van der Waals surface area contributed by atoms with Gasteiger partial charge in [0, 0.05) is 14.1 Å². The zero-order chi connectivity index (χ0) is 20.1. The molecule has 3 aromatic rings. The standard InChI is InChI=1S/C21H23N5O2/c1-15-20(23-24-26(15)17-12-8-5-9-13-17)21(28)22-18(14-19(27)25(2)3)16-10-6-4-7-11-16/h4-13,18H,14H2,1-3H3,(H,22,28). The molecule has 7 heteroatoms. The summed E-state index contributed by atoms with van der Waals surface area (Å²) in [5, 5.41) is 11.1. The Morgan fingerprint density at radius 1 is 1.04 bits per heavy atom. The van der Waals surface area contributed by atoms with Crippen LogP contribution >= 0.6 is 0 Å². The maximum atomic E-state index is 12.9. The highest BCUT2D eigenvalue weighted by Gasteiger charge is 2.23. The number of carbonyl (C=O) groups excluding carboxylic acids is 2. The highest BCUT2D eigenvalue weighted by molar-refractivity contribution is 5.94. The van der Waals surface area contributed by atoms with Crippen molar-refractivity contribution >= 4 is 11.8 Å². The van der Waals surface area contributed by atoms with Crippen LogP contribution in [-0.4, -0.2) is 45.8 Å². The van der Waals surface area contributed by atoms with E-state index in [1.807, 2.05) is 60.7 Å². The number of nitrogens with zero attached hydrogens (tertiary/aromatic N) is 4. The van der Waals surface area contributed by atoms with Crippen molar-refractivity contribution in [1.82, 2.24) is 25.2 Å². The molecule has 0 aliphatic carbocycles. The lowest BCUT2D eigenvalue weighted by molar-refractivity contribution is -0.129. The van der Waals surface area contributed by atoms with E-state index in [1.54, 1.807) is 25.7 Å². The van der Waals surface area contributed by atoms with E-state index in [0.29, 0.717) is 5.69 Å². The molecule has 0 radical (unpaired) electrons. The molecule has 0 saturated heterocycles. The Bertz CT molecular complexity index is 951. The van der Waals surface area contributed by atoms with E-state index in [9.17, 15) is 9.59 Å². The highest BCUT2D eigenvalue weighted by Crippen LogP contribution is 2.19. The minimum atomic E-state index is -0.454. The number of nitrogens with one attached hydrogen (secondary N) is 1. The van der Waals surface area contributed by atoms with Crippen LogP contribution in [0.25, 0.3) is 5.69 Å².